The largest absolute Gasteiger partial charge is 0.480 e. The Balaban J connectivity index is 2.63. The second-order valence-electron chi connectivity index (χ2n) is 4.74. The summed E-state index contributed by atoms with van der Waals surface area (Å²) in [5.41, 5.74) is -0.706. The molecule has 0 spiro atoms. The Morgan fingerprint density at radius 2 is 2.12 bits per heavy atom. The standard InChI is InChI=1S/C11H21N3O2S/c1-11(2,15)7-12-6-8-9(16-5)13-10(17-8)14(3)4/h12,15H,6-7H2,1-5H3. The Morgan fingerprint density at radius 3 is 2.59 bits per heavy atom. The van der Waals surface area contributed by atoms with Crippen molar-refractivity contribution in [1.82, 2.24) is 10.3 Å². The zero-order valence-corrected chi connectivity index (χ0v) is 11.9. The summed E-state index contributed by atoms with van der Waals surface area (Å²) in [4.78, 5) is 7.36. The van der Waals surface area contributed by atoms with Crippen LogP contribution in [0.4, 0.5) is 5.13 Å². The van der Waals surface area contributed by atoms with Gasteiger partial charge in [0.15, 0.2) is 5.13 Å². The summed E-state index contributed by atoms with van der Waals surface area (Å²) in [6, 6.07) is 0. The van der Waals surface area contributed by atoms with Crippen LogP contribution in [0, 0.1) is 0 Å². The molecule has 6 heteroatoms. The van der Waals surface area contributed by atoms with Crippen LogP contribution in [0.3, 0.4) is 0 Å². The van der Waals surface area contributed by atoms with Gasteiger partial charge in [-0.25, -0.2) is 0 Å². The van der Waals surface area contributed by atoms with Gasteiger partial charge in [-0.05, 0) is 13.8 Å². The van der Waals surface area contributed by atoms with Gasteiger partial charge in [0.2, 0.25) is 5.88 Å². The van der Waals surface area contributed by atoms with Gasteiger partial charge in [-0.1, -0.05) is 11.3 Å². The first-order chi connectivity index (χ1) is 7.83. The smallest absolute Gasteiger partial charge is 0.230 e. The van der Waals surface area contributed by atoms with Gasteiger partial charge >= 0.3 is 0 Å². The second-order valence-corrected chi connectivity index (χ2v) is 5.80. The van der Waals surface area contributed by atoms with Gasteiger partial charge in [0.25, 0.3) is 0 Å². The lowest BCUT2D eigenvalue weighted by atomic mass is 10.1. The summed E-state index contributed by atoms with van der Waals surface area (Å²) < 4.78 is 5.23. The molecule has 1 aromatic rings. The van der Waals surface area contributed by atoms with E-state index in [0.29, 0.717) is 19.0 Å². The van der Waals surface area contributed by atoms with E-state index in [1.165, 1.54) is 0 Å². The van der Waals surface area contributed by atoms with Gasteiger partial charge in [0.1, 0.15) is 0 Å². The fraction of sp³-hybridized carbons (Fsp3) is 0.727. The first-order valence-corrected chi connectivity index (χ1v) is 6.29. The van der Waals surface area contributed by atoms with Crippen molar-refractivity contribution in [3.05, 3.63) is 4.88 Å². The van der Waals surface area contributed by atoms with Crippen molar-refractivity contribution in [3.63, 3.8) is 0 Å². The number of thiazole rings is 1. The van der Waals surface area contributed by atoms with E-state index in [0.717, 1.165) is 10.0 Å². The summed E-state index contributed by atoms with van der Waals surface area (Å²) in [6.45, 7) is 4.73. The van der Waals surface area contributed by atoms with E-state index < -0.39 is 5.60 Å². The Kier molecular flexibility index (Phi) is 4.73. The Labute approximate surface area is 106 Å². The lowest BCUT2D eigenvalue weighted by Gasteiger charge is -2.17. The molecule has 0 radical (unpaired) electrons. The number of aromatic nitrogens is 1. The fourth-order valence-corrected chi connectivity index (χ4v) is 2.19. The van der Waals surface area contributed by atoms with Crippen LogP contribution in [0.5, 0.6) is 5.88 Å². The lowest BCUT2D eigenvalue weighted by molar-refractivity contribution is 0.0795. The minimum absolute atomic E-state index is 0.533. The molecule has 0 aliphatic carbocycles. The molecule has 0 saturated carbocycles. The molecule has 0 saturated heterocycles. The maximum absolute atomic E-state index is 9.60. The normalized spacial score (nSPS) is 11.6. The molecule has 17 heavy (non-hydrogen) atoms. The van der Waals surface area contributed by atoms with Crippen molar-refractivity contribution in [1.29, 1.82) is 0 Å². The summed E-state index contributed by atoms with van der Waals surface area (Å²) in [5, 5.41) is 13.7. The molecule has 98 valence electrons. The minimum atomic E-state index is -0.706. The van der Waals surface area contributed by atoms with Crippen LogP contribution in [-0.2, 0) is 6.54 Å². The molecule has 0 atom stereocenters. The molecule has 1 heterocycles. The number of anilines is 1. The minimum Gasteiger partial charge on any atom is -0.480 e. The Bertz CT molecular complexity index is 358. The van der Waals surface area contributed by atoms with Crippen LogP contribution in [0.2, 0.25) is 0 Å². The SMILES string of the molecule is COc1nc(N(C)C)sc1CNCC(C)(C)O. The Hall–Kier alpha value is -0.850. The van der Waals surface area contributed by atoms with E-state index in [-0.39, 0.29) is 0 Å². The molecular weight excluding hydrogens is 238 g/mol. The highest BCUT2D eigenvalue weighted by Gasteiger charge is 2.15. The van der Waals surface area contributed by atoms with E-state index in [4.69, 9.17) is 4.74 Å². The molecule has 0 aromatic carbocycles. The van der Waals surface area contributed by atoms with Gasteiger partial charge in [-0.15, -0.1) is 0 Å². The fourth-order valence-electron chi connectivity index (χ4n) is 1.27. The molecule has 0 unspecified atom stereocenters. The molecule has 2 N–H and O–H groups in total. The number of nitrogens with one attached hydrogen (secondary N) is 1. The average Bonchev–Trinajstić information content (AvgIpc) is 2.59. The summed E-state index contributed by atoms with van der Waals surface area (Å²) >= 11 is 1.59. The maximum atomic E-state index is 9.60. The molecule has 0 aliphatic heterocycles. The summed E-state index contributed by atoms with van der Waals surface area (Å²) in [5.74, 6) is 0.655. The van der Waals surface area contributed by atoms with Gasteiger partial charge < -0.3 is 20.1 Å². The first-order valence-electron chi connectivity index (χ1n) is 5.47. The predicted molar refractivity (Wildman–Crippen MR) is 71.0 cm³/mol. The van der Waals surface area contributed by atoms with Crippen LogP contribution in [0.15, 0.2) is 0 Å². The van der Waals surface area contributed by atoms with E-state index in [9.17, 15) is 5.11 Å². The summed E-state index contributed by atoms with van der Waals surface area (Å²) in [6.07, 6.45) is 0. The van der Waals surface area contributed by atoms with Gasteiger partial charge in [-0.2, -0.15) is 4.98 Å². The third-order valence-electron chi connectivity index (χ3n) is 2.07. The average molecular weight is 259 g/mol. The van der Waals surface area contributed by atoms with Crippen LogP contribution >= 0.6 is 11.3 Å². The molecule has 0 amide bonds. The Morgan fingerprint density at radius 1 is 1.47 bits per heavy atom. The monoisotopic (exact) mass is 259 g/mol. The third kappa shape index (κ3) is 4.49. The number of hydrogen-bond donors (Lipinski definition) is 2. The van der Waals surface area contributed by atoms with E-state index >= 15 is 0 Å². The zero-order chi connectivity index (χ0) is 13.1. The van der Waals surface area contributed by atoms with E-state index in [1.807, 2.05) is 19.0 Å². The van der Waals surface area contributed by atoms with Crippen molar-refractivity contribution in [2.75, 3.05) is 32.6 Å². The number of rotatable bonds is 6. The lowest BCUT2D eigenvalue weighted by Crippen LogP contribution is -2.34. The van der Waals surface area contributed by atoms with E-state index in [1.54, 1.807) is 32.3 Å². The van der Waals surface area contributed by atoms with Crippen LogP contribution in [-0.4, -0.2) is 43.4 Å². The number of aliphatic hydroxyl groups is 1. The maximum Gasteiger partial charge on any atom is 0.230 e. The molecule has 1 rings (SSSR count). The van der Waals surface area contributed by atoms with E-state index in [2.05, 4.69) is 10.3 Å². The van der Waals surface area contributed by atoms with Crippen LogP contribution < -0.4 is 15.0 Å². The van der Waals surface area contributed by atoms with Gasteiger partial charge in [0, 0.05) is 27.2 Å². The quantitative estimate of drug-likeness (QED) is 0.800. The predicted octanol–water partition coefficient (Wildman–Crippen LogP) is 1.08. The van der Waals surface area contributed by atoms with Gasteiger partial charge in [-0.3, -0.25) is 0 Å². The number of nitrogens with zero attached hydrogens (tertiary/aromatic N) is 2. The van der Waals surface area contributed by atoms with Gasteiger partial charge in [0.05, 0.1) is 17.6 Å². The van der Waals surface area contributed by atoms with Crippen molar-refractivity contribution in [2.24, 2.45) is 0 Å². The highest BCUT2D eigenvalue weighted by atomic mass is 32.1. The van der Waals surface area contributed by atoms with Crippen molar-refractivity contribution < 1.29 is 9.84 Å². The number of hydrogen-bond acceptors (Lipinski definition) is 6. The second kappa shape index (κ2) is 5.66. The zero-order valence-electron chi connectivity index (χ0n) is 11.1. The van der Waals surface area contributed by atoms with Crippen LogP contribution in [0.1, 0.15) is 18.7 Å². The molecule has 0 bridgehead atoms. The molecule has 0 fully saturated rings. The number of methoxy groups -OCH3 is 1. The highest BCUT2D eigenvalue weighted by Crippen LogP contribution is 2.30. The molecule has 1 aromatic heterocycles. The van der Waals surface area contributed by atoms with Crippen LogP contribution in [0.25, 0.3) is 0 Å². The third-order valence-corrected chi connectivity index (χ3v) is 3.27. The first kappa shape index (κ1) is 14.2. The molecule has 5 nitrogen and oxygen atoms in total. The van der Waals surface area contributed by atoms with Crippen molar-refractivity contribution in [2.45, 2.75) is 26.0 Å². The molecule has 0 aliphatic rings. The number of ether oxygens (including phenoxy) is 1. The van der Waals surface area contributed by atoms with Crippen molar-refractivity contribution >= 4 is 16.5 Å². The molecular formula is C11H21N3O2S. The van der Waals surface area contributed by atoms with Crippen molar-refractivity contribution in [3.8, 4) is 5.88 Å². The highest BCUT2D eigenvalue weighted by molar-refractivity contribution is 7.15. The summed E-state index contributed by atoms with van der Waals surface area (Å²) in [7, 11) is 5.52. The topological polar surface area (TPSA) is 57.6 Å².